The molecule has 1 aromatic heterocycles. The van der Waals surface area contributed by atoms with Crippen LogP contribution in [0.3, 0.4) is 0 Å². The number of para-hydroxylation sites is 1. The molecule has 0 fully saturated rings. The fourth-order valence-corrected chi connectivity index (χ4v) is 8.93. The average molecular weight is 650 g/mol. The van der Waals surface area contributed by atoms with E-state index >= 15 is 0 Å². The lowest BCUT2D eigenvalue weighted by atomic mass is 9.70. The van der Waals surface area contributed by atoms with Crippen LogP contribution in [-0.2, 0) is 5.41 Å². The predicted octanol–water partition coefficient (Wildman–Crippen LogP) is 13.0. The van der Waals surface area contributed by atoms with Crippen molar-refractivity contribution in [2.75, 3.05) is 5.32 Å². The van der Waals surface area contributed by atoms with E-state index in [2.05, 4.69) is 175 Å². The maximum absolute atomic E-state index is 6.08. The Balaban J connectivity index is 0.960. The van der Waals surface area contributed by atoms with Gasteiger partial charge < -0.3 is 9.73 Å². The highest BCUT2D eigenvalue weighted by Crippen LogP contribution is 2.63. The predicted molar refractivity (Wildman–Crippen MR) is 211 cm³/mol. The first kappa shape index (κ1) is 28.2. The third-order valence-electron chi connectivity index (χ3n) is 11.1. The topological polar surface area (TPSA) is 25.2 Å². The Labute approximate surface area is 296 Å². The largest absolute Gasteiger partial charge is 0.456 e. The van der Waals surface area contributed by atoms with Gasteiger partial charge in [0.15, 0.2) is 0 Å². The van der Waals surface area contributed by atoms with E-state index < -0.39 is 0 Å². The minimum atomic E-state index is -0.346. The molecule has 0 atom stereocenters. The molecule has 238 valence electrons. The third-order valence-corrected chi connectivity index (χ3v) is 11.1. The van der Waals surface area contributed by atoms with Gasteiger partial charge in [0, 0.05) is 27.7 Å². The van der Waals surface area contributed by atoms with E-state index in [-0.39, 0.29) is 5.41 Å². The van der Waals surface area contributed by atoms with Crippen molar-refractivity contribution in [3.05, 3.63) is 204 Å². The second-order valence-corrected chi connectivity index (χ2v) is 13.7. The van der Waals surface area contributed by atoms with Crippen molar-refractivity contribution in [2.24, 2.45) is 0 Å². The van der Waals surface area contributed by atoms with Crippen molar-refractivity contribution in [1.29, 1.82) is 0 Å². The maximum atomic E-state index is 6.08. The molecular weight excluding hydrogens is 619 g/mol. The quantitative estimate of drug-likeness (QED) is 0.205. The smallest absolute Gasteiger partial charge is 0.135 e. The summed E-state index contributed by atoms with van der Waals surface area (Å²) >= 11 is 0. The minimum absolute atomic E-state index is 0.346. The average Bonchev–Trinajstić information content (AvgIpc) is 3.82. The first-order valence-corrected chi connectivity index (χ1v) is 17.6. The monoisotopic (exact) mass is 649 g/mol. The van der Waals surface area contributed by atoms with Gasteiger partial charge in [0.2, 0.25) is 0 Å². The van der Waals surface area contributed by atoms with E-state index in [1.165, 1.54) is 66.8 Å². The van der Waals surface area contributed by atoms with E-state index in [4.69, 9.17) is 4.42 Å². The van der Waals surface area contributed by atoms with Crippen molar-refractivity contribution in [1.82, 2.24) is 0 Å². The molecule has 0 bridgehead atoms. The van der Waals surface area contributed by atoms with Crippen LogP contribution in [0.5, 0.6) is 0 Å². The Bertz CT molecular complexity index is 2790. The zero-order valence-electron chi connectivity index (χ0n) is 27.7. The lowest BCUT2D eigenvalue weighted by molar-refractivity contribution is 0.669. The number of hydrogen-bond donors (Lipinski definition) is 1. The molecule has 0 unspecified atom stereocenters. The van der Waals surface area contributed by atoms with Crippen LogP contribution in [0, 0.1) is 0 Å². The van der Waals surface area contributed by atoms with Gasteiger partial charge in [0.1, 0.15) is 11.2 Å². The van der Waals surface area contributed by atoms with Gasteiger partial charge in [-0.15, -0.1) is 0 Å². The number of anilines is 2. The van der Waals surface area contributed by atoms with E-state index in [0.717, 1.165) is 33.3 Å². The van der Waals surface area contributed by atoms with E-state index in [0.29, 0.717) is 0 Å². The molecule has 0 aliphatic heterocycles. The molecule has 2 aliphatic rings. The molecule has 2 heteroatoms. The summed E-state index contributed by atoms with van der Waals surface area (Å²) in [6.45, 7) is 0. The first-order chi connectivity index (χ1) is 25.3. The van der Waals surface area contributed by atoms with Crippen LogP contribution >= 0.6 is 0 Å². The Morgan fingerprint density at radius 1 is 0.373 bits per heavy atom. The number of fused-ring (bicyclic) bond motifs is 13. The number of hydrogen-bond acceptors (Lipinski definition) is 2. The molecule has 0 saturated carbocycles. The van der Waals surface area contributed by atoms with Crippen LogP contribution in [0.15, 0.2) is 186 Å². The lowest BCUT2D eigenvalue weighted by Crippen LogP contribution is -2.25. The summed E-state index contributed by atoms with van der Waals surface area (Å²) in [6, 6.07) is 66.0. The Hall–Kier alpha value is -6.64. The van der Waals surface area contributed by atoms with Gasteiger partial charge in [0.05, 0.1) is 5.41 Å². The van der Waals surface area contributed by atoms with Gasteiger partial charge in [-0.3, -0.25) is 0 Å². The molecule has 2 aliphatic carbocycles. The first-order valence-electron chi connectivity index (χ1n) is 17.6. The fraction of sp³-hybridized carbons (Fsp3) is 0.0204. The molecule has 2 nitrogen and oxygen atoms in total. The van der Waals surface area contributed by atoms with Crippen molar-refractivity contribution in [3.8, 4) is 44.5 Å². The van der Waals surface area contributed by atoms with E-state index in [1.807, 2.05) is 12.1 Å². The number of benzene rings is 8. The van der Waals surface area contributed by atoms with Gasteiger partial charge in [-0.05, 0) is 104 Å². The van der Waals surface area contributed by atoms with Gasteiger partial charge >= 0.3 is 0 Å². The van der Waals surface area contributed by atoms with E-state index in [1.54, 1.807) is 0 Å². The molecule has 51 heavy (non-hydrogen) atoms. The van der Waals surface area contributed by atoms with Crippen molar-refractivity contribution >= 4 is 33.3 Å². The second-order valence-electron chi connectivity index (χ2n) is 13.7. The van der Waals surface area contributed by atoms with Crippen molar-refractivity contribution in [2.45, 2.75) is 5.41 Å². The van der Waals surface area contributed by atoms with Crippen molar-refractivity contribution < 1.29 is 4.42 Å². The summed E-state index contributed by atoms with van der Waals surface area (Å²) in [6.07, 6.45) is 0. The van der Waals surface area contributed by atoms with Crippen LogP contribution in [0.2, 0.25) is 0 Å². The zero-order chi connectivity index (χ0) is 33.5. The molecule has 9 aromatic rings. The van der Waals surface area contributed by atoms with Crippen molar-refractivity contribution in [3.63, 3.8) is 0 Å². The van der Waals surface area contributed by atoms with Crippen LogP contribution in [0.1, 0.15) is 22.3 Å². The summed E-state index contributed by atoms with van der Waals surface area (Å²) in [4.78, 5) is 0. The second kappa shape index (κ2) is 10.7. The third kappa shape index (κ3) is 3.99. The maximum Gasteiger partial charge on any atom is 0.135 e. The Morgan fingerprint density at radius 3 is 1.69 bits per heavy atom. The Kier molecular flexibility index (Phi) is 5.91. The highest BCUT2D eigenvalue weighted by Gasteiger charge is 2.51. The molecule has 0 saturated heterocycles. The van der Waals surface area contributed by atoms with Crippen LogP contribution in [0.4, 0.5) is 11.4 Å². The molecule has 1 spiro atoms. The molecule has 11 rings (SSSR count). The Morgan fingerprint density at radius 2 is 0.922 bits per heavy atom. The summed E-state index contributed by atoms with van der Waals surface area (Å²) in [5, 5.41) is 6.13. The standard InChI is InChI=1S/C49H31NO/c1-5-17-41-36(13-1)37-14-2-6-18-42(37)49(41)43-19-7-3-16-39(43)48-44(49)20-10-21-45(48)50-35-26-23-31(24-27-35)32-11-9-12-33(29-32)34-25-28-47-40(30-34)38-15-4-8-22-46(38)51-47/h1-30,50H. The summed E-state index contributed by atoms with van der Waals surface area (Å²) < 4.78 is 6.08. The number of furan rings is 1. The number of rotatable bonds is 4. The van der Waals surface area contributed by atoms with Crippen LogP contribution in [0.25, 0.3) is 66.4 Å². The molecule has 0 amide bonds. The fourth-order valence-electron chi connectivity index (χ4n) is 8.93. The van der Waals surface area contributed by atoms with Crippen LogP contribution in [-0.4, -0.2) is 0 Å². The molecule has 8 aromatic carbocycles. The highest BCUT2D eigenvalue weighted by molar-refractivity contribution is 6.06. The van der Waals surface area contributed by atoms with Gasteiger partial charge in [-0.1, -0.05) is 140 Å². The SMILES string of the molecule is c1cc(-c2ccc(Nc3cccc4c3-c3ccccc3C43c4ccccc4-c4ccccc43)cc2)cc(-c2ccc3oc4ccccc4c3c2)c1. The van der Waals surface area contributed by atoms with Gasteiger partial charge in [-0.2, -0.15) is 0 Å². The number of nitrogens with one attached hydrogen (secondary N) is 1. The minimum Gasteiger partial charge on any atom is -0.456 e. The van der Waals surface area contributed by atoms with Crippen LogP contribution < -0.4 is 5.32 Å². The van der Waals surface area contributed by atoms with E-state index in [9.17, 15) is 0 Å². The summed E-state index contributed by atoms with van der Waals surface area (Å²) in [5.74, 6) is 0. The molecule has 1 heterocycles. The normalized spacial score (nSPS) is 13.3. The lowest BCUT2D eigenvalue weighted by Gasteiger charge is -2.30. The van der Waals surface area contributed by atoms with Gasteiger partial charge in [0.25, 0.3) is 0 Å². The van der Waals surface area contributed by atoms with Gasteiger partial charge in [-0.25, -0.2) is 0 Å². The molecular formula is C49H31NO. The zero-order valence-corrected chi connectivity index (χ0v) is 27.7. The summed E-state index contributed by atoms with van der Waals surface area (Å²) in [5.41, 5.74) is 19.0. The summed E-state index contributed by atoms with van der Waals surface area (Å²) in [7, 11) is 0. The highest BCUT2D eigenvalue weighted by atomic mass is 16.3. The molecule has 0 radical (unpaired) electrons. The molecule has 1 N–H and O–H groups in total.